The molecule has 7 heteroatoms. The summed E-state index contributed by atoms with van der Waals surface area (Å²) in [6.45, 7) is 0. The van der Waals surface area contributed by atoms with Gasteiger partial charge in [-0.1, -0.05) is 0 Å². The van der Waals surface area contributed by atoms with Crippen molar-refractivity contribution in [1.82, 2.24) is 9.97 Å². The maximum absolute atomic E-state index is 11.7. The van der Waals surface area contributed by atoms with Gasteiger partial charge in [0.2, 0.25) is 5.95 Å². The number of rotatable bonds is 4. The van der Waals surface area contributed by atoms with Crippen molar-refractivity contribution in [3.05, 3.63) is 36.7 Å². The Morgan fingerprint density at radius 3 is 2.50 bits per heavy atom. The summed E-state index contributed by atoms with van der Waals surface area (Å²) in [6.07, 6.45) is 2.31. The predicted molar refractivity (Wildman–Crippen MR) is 71.2 cm³/mol. The van der Waals surface area contributed by atoms with Crippen molar-refractivity contribution in [3.63, 3.8) is 0 Å². The van der Waals surface area contributed by atoms with Crippen LogP contribution in [0.2, 0.25) is 0 Å². The lowest BCUT2D eigenvalue weighted by Gasteiger charge is -2.10. The standard InChI is InChI=1S/C13H13N3O4/c1-18-9-4-5-10(11(8-9)19-2)20-13(17)16-12-14-6-3-7-15-12/h3-8H,1-2H3,(H,14,15,16,17). The molecule has 0 radical (unpaired) electrons. The summed E-state index contributed by atoms with van der Waals surface area (Å²) in [4.78, 5) is 19.4. The monoisotopic (exact) mass is 275 g/mol. The van der Waals surface area contributed by atoms with Crippen LogP contribution in [0.4, 0.5) is 10.7 Å². The van der Waals surface area contributed by atoms with Crippen molar-refractivity contribution < 1.29 is 19.0 Å². The van der Waals surface area contributed by atoms with Crippen molar-refractivity contribution in [2.24, 2.45) is 0 Å². The van der Waals surface area contributed by atoms with Gasteiger partial charge in [0.25, 0.3) is 0 Å². The van der Waals surface area contributed by atoms with Gasteiger partial charge in [-0.15, -0.1) is 0 Å². The van der Waals surface area contributed by atoms with E-state index in [1.165, 1.54) is 26.6 Å². The zero-order valence-corrected chi connectivity index (χ0v) is 11.0. The van der Waals surface area contributed by atoms with Crippen LogP contribution in [-0.4, -0.2) is 30.3 Å². The summed E-state index contributed by atoms with van der Waals surface area (Å²) in [6, 6.07) is 6.48. The molecule has 2 aromatic rings. The maximum atomic E-state index is 11.7. The molecule has 0 aliphatic heterocycles. The molecule has 0 saturated heterocycles. The number of hydrogen-bond acceptors (Lipinski definition) is 6. The largest absolute Gasteiger partial charge is 0.497 e. The Morgan fingerprint density at radius 1 is 1.10 bits per heavy atom. The molecule has 104 valence electrons. The third-order valence-electron chi connectivity index (χ3n) is 2.35. The fraction of sp³-hybridized carbons (Fsp3) is 0.154. The molecule has 1 aromatic carbocycles. The number of methoxy groups -OCH3 is 2. The zero-order valence-electron chi connectivity index (χ0n) is 11.0. The molecule has 20 heavy (non-hydrogen) atoms. The molecule has 0 aliphatic carbocycles. The molecule has 7 nitrogen and oxygen atoms in total. The second-order valence-electron chi connectivity index (χ2n) is 3.60. The van der Waals surface area contributed by atoms with E-state index in [1.54, 1.807) is 24.3 Å². The summed E-state index contributed by atoms with van der Waals surface area (Å²) in [7, 11) is 3.01. The highest BCUT2D eigenvalue weighted by Gasteiger charge is 2.12. The highest BCUT2D eigenvalue weighted by molar-refractivity contribution is 5.84. The van der Waals surface area contributed by atoms with E-state index in [0.29, 0.717) is 11.5 Å². The minimum atomic E-state index is -0.709. The number of carbonyl (C=O) groups is 1. The molecule has 0 bridgehead atoms. The van der Waals surface area contributed by atoms with Gasteiger partial charge in [-0.2, -0.15) is 0 Å². The predicted octanol–water partition coefficient (Wildman–Crippen LogP) is 2.10. The van der Waals surface area contributed by atoms with Gasteiger partial charge in [-0.3, -0.25) is 5.32 Å². The quantitative estimate of drug-likeness (QED) is 0.920. The summed E-state index contributed by atoms with van der Waals surface area (Å²) in [5, 5.41) is 2.40. The third-order valence-corrected chi connectivity index (χ3v) is 2.35. The van der Waals surface area contributed by atoms with Crippen LogP contribution < -0.4 is 19.5 Å². The lowest BCUT2D eigenvalue weighted by Crippen LogP contribution is -2.18. The van der Waals surface area contributed by atoms with Gasteiger partial charge in [0.1, 0.15) is 5.75 Å². The van der Waals surface area contributed by atoms with Crippen LogP contribution in [0.5, 0.6) is 17.2 Å². The number of anilines is 1. The Kier molecular flexibility index (Phi) is 4.33. The first-order chi connectivity index (χ1) is 9.72. The molecule has 0 spiro atoms. The van der Waals surface area contributed by atoms with Gasteiger partial charge in [0.15, 0.2) is 11.5 Å². The molecule has 0 atom stereocenters. The van der Waals surface area contributed by atoms with Crippen molar-refractivity contribution in [1.29, 1.82) is 0 Å². The molecule has 1 heterocycles. The zero-order chi connectivity index (χ0) is 14.4. The van der Waals surface area contributed by atoms with Crippen LogP contribution in [0.25, 0.3) is 0 Å². The molecular weight excluding hydrogens is 262 g/mol. The van der Waals surface area contributed by atoms with Crippen LogP contribution >= 0.6 is 0 Å². The number of aromatic nitrogens is 2. The van der Waals surface area contributed by atoms with Gasteiger partial charge in [-0.25, -0.2) is 14.8 Å². The summed E-state index contributed by atoms with van der Waals surface area (Å²) < 4.78 is 15.3. The smallest absolute Gasteiger partial charge is 0.419 e. The minimum Gasteiger partial charge on any atom is -0.497 e. The first-order valence-electron chi connectivity index (χ1n) is 5.71. The van der Waals surface area contributed by atoms with Gasteiger partial charge < -0.3 is 14.2 Å². The van der Waals surface area contributed by atoms with E-state index in [-0.39, 0.29) is 11.7 Å². The van der Waals surface area contributed by atoms with Crippen LogP contribution in [0.3, 0.4) is 0 Å². The van der Waals surface area contributed by atoms with E-state index in [2.05, 4.69) is 15.3 Å². The fourth-order valence-corrected chi connectivity index (χ4v) is 1.44. The van der Waals surface area contributed by atoms with Crippen LogP contribution in [-0.2, 0) is 0 Å². The van der Waals surface area contributed by atoms with E-state index < -0.39 is 6.09 Å². The number of carbonyl (C=O) groups excluding carboxylic acids is 1. The van der Waals surface area contributed by atoms with E-state index in [4.69, 9.17) is 14.2 Å². The number of hydrogen-bond donors (Lipinski definition) is 1. The Bertz CT molecular complexity index is 589. The first-order valence-corrected chi connectivity index (χ1v) is 5.71. The van der Waals surface area contributed by atoms with Crippen LogP contribution in [0.15, 0.2) is 36.7 Å². The molecule has 1 N–H and O–H groups in total. The normalized spacial score (nSPS) is 9.70. The third kappa shape index (κ3) is 3.35. The van der Waals surface area contributed by atoms with Crippen molar-refractivity contribution in [2.75, 3.05) is 19.5 Å². The van der Waals surface area contributed by atoms with E-state index in [0.717, 1.165) is 0 Å². The van der Waals surface area contributed by atoms with E-state index in [1.807, 2.05) is 0 Å². The molecule has 0 unspecified atom stereocenters. The molecule has 0 fully saturated rings. The van der Waals surface area contributed by atoms with Crippen molar-refractivity contribution >= 4 is 12.0 Å². The van der Waals surface area contributed by atoms with Crippen molar-refractivity contribution in [3.8, 4) is 17.2 Å². The topological polar surface area (TPSA) is 82.6 Å². The number of ether oxygens (including phenoxy) is 3. The molecular formula is C13H13N3O4. The van der Waals surface area contributed by atoms with E-state index in [9.17, 15) is 4.79 Å². The average Bonchev–Trinajstić information content (AvgIpc) is 2.48. The first kappa shape index (κ1) is 13.6. The van der Waals surface area contributed by atoms with E-state index >= 15 is 0 Å². The minimum absolute atomic E-state index is 0.157. The highest BCUT2D eigenvalue weighted by atomic mass is 16.6. The fourth-order valence-electron chi connectivity index (χ4n) is 1.44. The summed E-state index contributed by atoms with van der Waals surface area (Å²) in [5.41, 5.74) is 0. The Labute approximate surface area is 115 Å². The Morgan fingerprint density at radius 2 is 1.85 bits per heavy atom. The Balaban J connectivity index is 2.07. The molecule has 0 saturated carbocycles. The lowest BCUT2D eigenvalue weighted by atomic mass is 10.3. The number of nitrogens with one attached hydrogen (secondary N) is 1. The van der Waals surface area contributed by atoms with Gasteiger partial charge in [0.05, 0.1) is 14.2 Å². The maximum Gasteiger partial charge on any atom is 0.419 e. The molecule has 1 aromatic heterocycles. The second-order valence-corrected chi connectivity index (χ2v) is 3.60. The Hall–Kier alpha value is -2.83. The number of amides is 1. The van der Waals surface area contributed by atoms with Crippen molar-refractivity contribution in [2.45, 2.75) is 0 Å². The second kappa shape index (κ2) is 6.37. The lowest BCUT2D eigenvalue weighted by molar-refractivity contribution is 0.212. The van der Waals surface area contributed by atoms with Gasteiger partial charge in [-0.05, 0) is 18.2 Å². The number of nitrogens with zero attached hydrogens (tertiary/aromatic N) is 2. The van der Waals surface area contributed by atoms with Gasteiger partial charge in [0, 0.05) is 18.5 Å². The SMILES string of the molecule is COc1ccc(OC(=O)Nc2ncccn2)c(OC)c1. The number of benzene rings is 1. The van der Waals surface area contributed by atoms with Gasteiger partial charge >= 0.3 is 6.09 Å². The summed E-state index contributed by atoms with van der Waals surface area (Å²) >= 11 is 0. The van der Waals surface area contributed by atoms with Crippen LogP contribution in [0.1, 0.15) is 0 Å². The molecule has 2 rings (SSSR count). The molecule has 1 amide bonds. The average molecular weight is 275 g/mol. The van der Waals surface area contributed by atoms with Crippen LogP contribution in [0, 0.1) is 0 Å². The highest BCUT2D eigenvalue weighted by Crippen LogP contribution is 2.31. The molecule has 0 aliphatic rings. The summed E-state index contributed by atoms with van der Waals surface area (Å²) in [5.74, 6) is 1.40.